The van der Waals surface area contributed by atoms with Crippen LogP contribution < -0.4 is 5.32 Å². The summed E-state index contributed by atoms with van der Waals surface area (Å²) in [4.78, 5) is 21.8. The fourth-order valence-electron chi connectivity index (χ4n) is 3.57. The molecule has 5 rings (SSSR count). The molecule has 0 saturated heterocycles. The van der Waals surface area contributed by atoms with Crippen LogP contribution in [0.4, 0.5) is 0 Å². The Hall–Kier alpha value is -3.27. The lowest BCUT2D eigenvalue weighted by Crippen LogP contribution is -2.22. The van der Waals surface area contributed by atoms with Crippen molar-refractivity contribution >= 4 is 27.7 Å². The molecule has 0 fully saturated rings. The fraction of sp³-hybridized carbons (Fsp3) is 0.0952. The number of hydrogen-bond acceptors (Lipinski definition) is 3. The SMILES string of the molecule is CCNC(=O)c1ccc2nc3c(nc2c1)-c1cccc2cccc-3c12. The van der Waals surface area contributed by atoms with Crippen molar-refractivity contribution in [2.75, 3.05) is 6.54 Å². The van der Waals surface area contributed by atoms with Gasteiger partial charge in [0.05, 0.1) is 22.4 Å². The molecular formula is C21H15N3O. The second kappa shape index (κ2) is 5.11. The molecule has 0 aliphatic heterocycles. The van der Waals surface area contributed by atoms with Gasteiger partial charge in [0.1, 0.15) is 0 Å². The molecule has 1 N–H and O–H groups in total. The maximum absolute atomic E-state index is 12.1. The molecule has 1 aliphatic carbocycles. The zero-order valence-corrected chi connectivity index (χ0v) is 13.7. The number of fused-ring (bicyclic) bond motifs is 4. The zero-order chi connectivity index (χ0) is 17.0. The van der Waals surface area contributed by atoms with E-state index < -0.39 is 0 Å². The number of amides is 1. The first-order chi connectivity index (χ1) is 12.3. The van der Waals surface area contributed by atoms with E-state index >= 15 is 0 Å². The molecule has 4 heteroatoms. The highest BCUT2D eigenvalue weighted by molar-refractivity contribution is 6.14. The van der Waals surface area contributed by atoms with Crippen molar-refractivity contribution in [3.05, 3.63) is 60.2 Å². The molecule has 0 bridgehead atoms. The van der Waals surface area contributed by atoms with E-state index in [1.54, 1.807) is 6.07 Å². The van der Waals surface area contributed by atoms with Crippen LogP contribution in [0.15, 0.2) is 54.6 Å². The van der Waals surface area contributed by atoms with Crippen LogP contribution in [0.2, 0.25) is 0 Å². The van der Waals surface area contributed by atoms with Crippen LogP contribution in [-0.2, 0) is 0 Å². The Bertz CT molecular complexity index is 1180. The summed E-state index contributed by atoms with van der Waals surface area (Å²) in [5.74, 6) is -0.0860. The molecule has 0 radical (unpaired) electrons. The Morgan fingerprint density at radius 3 is 2.28 bits per heavy atom. The van der Waals surface area contributed by atoms with Crippen LogP contribution in [0.3, 0.4) is 0 Å². The van der Waals surface area contributed by atoms with Crippen LogP contribution in [0, 0.1) is 0 Å². The quantitative estimate of drug-likeness (QED) is 0.530. The summed E-state index contributed by atoms with van der Waals surface area (Å²) in [6, 6.07) is 18.0. The van der Waals surface area contributed by atoms with Gasteiger partial charge < -0.3 is 5.32 Å². The number of rotatable bonds is 2. The van der Waals surface area contributed by atoms with Crippen LogP contribution in [0.25, 0.3) is 44.3 Å². The van der Waals surface area contributed by atoms with E-state index in [4.69, 9.17) is 9.97 Å². The standard InChI is InChI=1S/C21H15N3O/c1-2-22-21(25)13-9-10-16-17(11-13)24-20-15-8-4-6-12-5-3-7-14(18(12)15)19(20)23-16/h3-11H,2H2,1H3,(H,22,25). The number of carbonyl (C=O) groups excluding carboxylic acids is 1. The van der Waals surface area contributed by atoms with E-state index in [0.717, 1.165) is 33.5 Å². The minimum atomic E-state index is -0.0860. The highest BCUT2D eigenvalue weighted by atomic mass is 16.1. The summed E-state index contributed by atoms with van der Waals surface area (Å²) in [5, 5.41) is 5.23. The lowest BCUT2D eigenvalue weighted by Gasteiger charge is -2.06. The monoisotopic (exact) mass is 325 g/mol. The van der Waals surface area contributed by atoms with Gasteiger partial charge in [-0.25, -0.2) is 9.97 Å². The third-order valence-corrected chi connectivity index (χ3v) is 4.68. The van der Waals surface area contributed by atoms with Crippen molar-refractivity contribution in [2.45, 2.75) is 6.92 Å². The third kappa shape index (κ3) is 1.97. The number of nitrogens with one attached hydrogen (secondary N) is 1. The van der Waals surface area contributed by atoms with Crippen molar-refractivity contribution in [2.24, 2.45) is 0 Å². The van der Waals surface area contributed by atoms with Crippen molar-refractivity contribution in [3.8, 4) is 22.5 Å². The zero-order valence-electron chi connectivity index (χ0n) is 13.7. The van der Waals surface area contributed by atoms with Crippen LogP contribution >= 0.6 is 0 Å². The Morgan fingerprint density at radius 2 is 1.60 bits per heavy atom. The number of carbonyl (C=O) groups is 1. The Labute approximate surface area is 144 Å². The molecule has 1 aromatic heterocycles. The molecule has 0 unspecified atom stereocenters. The molecule has 0 atom stereocenters. The highest BCUT2D eigenvalue weighted by Crippen LogP contribution is 2.45. The highest BCUT2D eigenvalue weighted by Gasteiger charge is 2.24. The van der Waals surface area contributed by atoms with Gasteiger partial charge in [-0.1, -0.05) is 36.4 Å². The summed E-state index contributed by atoms with van der Waals surface area (Å²) in [7, 11) is 0. The van der Waals surface area contributed by atoms with Gasteiger partial charge in [0.15, 0.2) is 0 Å². The van der Waals surface area contributed by atoms with Crippen molar-refractivity contribution in [3.63, 3.8) is 0 Å². The largest absolute Gasteiger partial charge is 0.352 e. The van der Waals surface area contributed by atoms with Gasteiger partial charge >= 0.3 is 0 Å². The van der Waals surface area contributed by atoms with Gasteiger partial charge in [0.2, 0.25) is 0 Å². The number of nitrogens with zero attached hydrogens (tertiary/aromatic N) is 2. The summed E-state index contributed by atoms with van der Waals surface area (Å²) in [6.07, 6.45) is 0. The minimum absolute atomic E-state index is 0.0860. The third-order valence-electron chi connectivity index (χ3n) is 4.68. The van der Waals surface area contributed by atoms with Crippen LogP contribution in [0.1, 0.15) is 17.3 Å². The predicted octanol–water partition coefficient (Wildman–Crippen LogP) is 4.18. The topological polar surface area (TPSA) is 54.9 Å². The number of benzene rings is 3. The van der Waals surface area contributed by atoms with E-state index in [9.17, 15) is 4.79 Å². The van der Waals surface area contributed by atoms with Gasteiger partial charge in [-0.05, 0) is 30.5 Å². The predicted molar refractivity (Wildman–Crippen MR) is 99.5 cm³/mol. The molecule has 0 spiro atoms. The van der Waals surface area contributed by atoms with Crippen molar-refractivity contribution in [1.82, 2.24) is 15.3 Å². The molecule has 3 aromatic carbocycles. The molecule has 1 amide bonds. The van der Waals surface area contributed by atoms with Crippen molar-refractivity contribution < 1.29 is 4.79 Å². The van der Waals surface area contributed by atoms with E-state index in [2.05, 4.69) is 35.6 Å². The first kappa shape index (κ1) is 14.1. The normalized spacial score (nSPS) is 11.7. The maximum atomic E-state index is 12.1. The Kier molecular flexibility index (Phi) is 2.88. The minimum Gasteiger partial charge on any atom is -0.352 e. The summed E-state index contributed by atoms with van der Waals surface area (Å²) in [5.41, 5.74) is 6.21. The molecule has 1 aliphatic rings. The first-order valence-electron chi connectivity index (χ1n) is 8.39. The average molecular weight is 325 g/mol. The van der Waals surface area contributed by atoms with Gasteiger partial charge in [-0.3, -0.25) is 4.79 Å². The lowest BCUT2D eigenvalue weighted by molar-refractivity contribution is 0.0956. The number of aromatic nitrogens is 2. The van der Waals surface area contributed by atoms with Crippen LogP contribution in [-0.4, -0.2) is 22.4 Å². The molecule has 25 heavy (non-hydrogen) atoms. The average Bonchev–Trinajstić information content (AvgIpc) is 2.95. The van der Waals surface area contributed by atoms with E-state index in [1.165, 1.54) is 10.8 Å². The second-order valence-electron chi connectivity index (χ2n) is 6.19. The second-order valence-corrected chi connectivity index (χ2v) is 6.19. The number of hydrogen-bond donors (Lipinski definition) is 1. The van der Waals surface area contributed by atoms with Crippen molar-refractivity contribution in [1.29, 1.82) is 0 Å². The lowest BCUT2D eigenvalue weighted by atomic mass is 10.0. The molecule has 120 valence electrons. The van der Waals surface area contributed by atoms with Gasteiger partial charge in [0, 0.05) is 28.6 Å². The Morgan fingerprint density at radius 1 is 0.920 bits per heavy atom. The molecule has 0 saturated carbocycles. The fourth-order valence-corrected chi connectivity index (χ4v) is 3.57. The van der Waals surface area contributed by atoms with Gasteiger partial charge in [0.25, 0.3) is 5.91 Å². The molecular weight excluding hydrogens is 310 g/mol. The van der Waals surface area contributed by atoms with E-state index in [0.29, 0.717) is 12.1 Å². The van der Waals surface area contributed by atoms with Gasteiger partial charge in [-0.2, -0.15) is 0 Å². The van der Waals surface area contributed by atoms with E-state index in [1.807, 2.05) is 25.1 Å². The van der Waals surface area contributed by atoms with E-state index in [-0.39, 0.29) is 5.91 Å². The smallest absolute Gasteiger partial charge is 0.251 e. The molecule has 1 heterocycles. The summed E-state index contributed by atoms with van der Waals surface area (Å²) in [6.45, 7) is 2.51. The summed E-state index contributed by atoms with van der Waals surface area (Å²) < 4.78 is 0. The summed E-state index contributed by atoms with van der Waals surface area (Å²) >= 11 is 0. The maximum Gasteiger partial charge on any atom is 0.251 e. The molecule has 4 nitrogen and oxygen atoms in total. The van der Waals surface area contributed by atoms with Crippen LogP contribution in [0.5, 0.6) is 0 Å². The van der Waals surface area contributed by atoms with Gasteiger partial charge in [-0.15, -0.1) is 0 Å². The first-order valence-corrected chi connectivity index (χ1v) is 8.39. The molecule has 4 aromatic rings. The Balaban J connectivity index is 1.77.